The first-order valence-electron chi connectivity index (χ1n) is 10.9. The molecular formula is C24H28F4N4O2. The molecule has 1 saturated carbocycles. The maximum absolute atomic E-state index is 13.4. The first-order chi connectivity index (χ1) is 15.8. The molecule has 0 saturated heterocycles. The molecule has 2 atom stereocenters. The first kappa shape index (κ1) is 25.3. The molecule has 4 N–H and O–H groups in total. The van der Waals surface area contributed by atoms with E-state index < -0.39 is 35.3 Å². The van der Waals surface area contributed by atoms with Gasteiger partial charge in [-0.25, -0.2) is 27.2 Å². The van der Waals surface area contributed by atoms with Crippen molar-refractivity contribution in [1.29, 1.82) is 0 Å². The van der Waals surface area contributed by atoms with E-state index in [-0.39, 0.29) is 34.8 Å². The number of halogens is 4. The summed E-state index contributed by atoms with van der Waals surface area (Å²) < 4.78 is 52.9. The van der Waals surface area contributed by atoms with Crippen LogP contribution in [-0.2, 0) is 0 Å². The van der Waals surface area contributed by atoms with Crippen LogP contribution in [0.3, 0.4) is 0 Å². The van der Waals surface area contributed by atoms with Gasteiger partial charge in [-0.05, 0) is 54.4 Å². The minimum atomic E-state index is -1.06. The molecule has 6 nitrogen and oxygen atoms in total. The Morgan fingerprint density at radius 2 is 1.35 bits per heavy atom. The molecule has 0 heterocycles. The quantitative estimate of drug-likeness (QED) is 0.410. The normalized spacial score (nSPS) is 21.4. The number of anilines is 2. The average molecular weight is 481 g/mol. The average Bonchev–Trinajstić information content (AvgIpc) is 2.70. The second kappa shape index (κ2) is 9.90. The highest BCUT2D eigenvalue weighted by atomic mass is 19.2. The third kappa shape index (κ3) is 6.85. The summed E-state index contributed by atoms with van der Waals surface area (Å²) in [4.78, 5) is 24.7. The Kier molecular flexibility index (Phi) is 7.38. The van der Waals surface area contributed by atoms with E-state index in [4.69, 9.17) is 0 Å². The van der Waals surface area contributed by atoms with E-state index in [1.807, 2.05) is 6.92 Å². The van der Waals surface area contributed by atoms with E-state index in [1.54, 1.807) is 0 Å². The zero-order valence-electron chi connectivity index (χ0n) is 19.2. The van der Waals surface area contributed by atoms with Crippen LogP contribution in [-0.4, -0.2) is 24.6 Å². The third-order valence-electron chi connectivity index (χ3n) is 5.81. The van der Waals surface area contributed by atoms with Gasteiger partial charge in [0, 0.05) is 36.1 Å². The number of benzene rings is 2. The van der Waals surface area contributed by atoms with Gasteiger partial charge in [0.25, 0.3) is 0 Å². The summed E-state index contributed by atoms with van der Waals surface area (Å²) in [6, 6.07) is 4.86. The van der Waals surface area contributed by atoms with Crippen molar-refractivity contribution in [2.75, 3.05) is 17.2 Å². The lowest BCUT2D eigenvalue weighted by Gasteiger charge is -2.46. The fraction of sp³-hybridized carbons (Fsp3) is 0.417. The summed E-state index contributed by atoms with van der Waals surface area (Å²) >= 11 is 0. The van der Waals surface area contributed by atoms with Gasteiger partial charge in [-0.2, -0.15) is 0 Å². The van der Waals surface area contributed by atoms with Crippen molar-refractivity contribution in [3.05, 3.63) is 59.7 Å². The van der Waals surface area contributed by atoms with Crippen molar-refractivity contribution >= 4 is 23.4 Å². The first-order valence-corrected chi connectivity index (χ1v) is 10.9. The Morgan fingerprint density at radius 3 is 1.88 bits per heavy atom. The molecule has 1 fully saturated rings. The predicted octanol–water partition coefficient (Wildman–Crippen LogP) is 5.77. The van der Waals surface area contributed by atoms with Crippen molar-refractivity contribution in [2.24, 2.45) is 10.8 Å². The van der Waals surface area contributed by atoms with Gasteiger partial charge >= 0.3 is 12.1 Å². The SMILES string of the molecule is CC1(C)C[C@H](NC(=O)Nc2ccc(F)c(F)c2)C[C@@](C)(CNC(=O)Nc2ccc(F)c(F)c2)C1. The van der Waals surface area contributed by atoms with Gasteiger partial charge in [0.05, 0.1) is 0 Å². The molecule has 1 aliphatic carbocycles. The van der Waals surface area contributed by atoms with Gasteiger partial charge in [-0.15, -0.1) is 0 Å². The van der Waals surface area contributed by atoms with Gasteiger partial charge in [-0.1, -0.05) is 20.8 Å². The van der Waals surface area contributed by atoms with Crippen LogP contribution in [0.5, 0.6) is 0 Å². The second-order valence-electron chi connectivity index (χ2n) is 9.92. The maximum atomic E-state index is 13.4. The number of amides is 4. The highest BCUT2D eigenvalue weighted by molar-refractivity contribution is 5.90. The molecular weight excluding hydrogens is 452 g/mol. The number of rotatable bonds is 5. The van der Waals surface area contributed by atoms with E-state index >= 15 is 0 Å². The van der Waals surface area contributed by atoms with E-state index in [9.17, 15) is 27.2 Å². The number of hydrogen-bond acceptors (Lipinski definition) is 2. The summed E-state index contributed by atoms with van der Waals surface area (Å²) in [6.45, 7) is 6.41. The smallest absolute Gasteiger partial charge is 0.319 e. The van der Waals surface area contributed by atoms with Gasteiger partial charge in [0.2, 0.25) is 0 Å². The van der Waals surface area contributed by atoms with E-state index in [2.05, 4.69) is 35.1 Å². The van der Waals surface area contributed by atoms with Crippen molar-refractivity contribution in [3.63, 3.8) is 0 Å². The summed E-state index contributed by atoms with van der Waals surface area (Å²) in [6.07, 6.45) is 2.02. The summed E-state index contributed by atoms with van der Waals surface area (Å²) in [5, 5.41) is 10.6. The molecule has 0 aromatic heterocycles. The Hall–Kier alpha value is -3.30. The highest BCUT2D eigenvalue weighted by Crippen LogP contribution is 2.45. The highest BCUT2D eigenvalue weighted by Gasteiger charge is 2.41. The minimum absolute atomic E-state index is 0.124. The molecule has 2 aromatic carbocycles. The minimum Gasteiger partial charge on any atom is -0.337 e. The summed E-state index contributed by atoms with van der Waals surface area (Å²) in [5.74, 6) is -4.13. The maximum Gasteiger partial charge on any atom is 0.319 e. The van der Waals surface area contributed by atoms with Crippen LogP contribution in [0, 0.1) is 34.1 Å². The van der Waals surface area contributed by atoms with Crippen LogP contribution >= 0.6 is 0 Å². The van der Waals surface area contributed by atoms with Crippen LogP contribution in [0.1, 0.15) is 40.0 Å². The number of urea groups is 2. The van der Waals surface area contributed by atoms with Crippen molar-refractivity contribution in [2.45, 2.75) is 46.1 Å². The van der Waals surface area contributed by atoms with Crippen molar-refractivity contribution in [3.8, 4) is 0 Å². The molecule has 34 heavy (non-hydrogen) atoms. The fourth-order valence-electron chi connectivity index (χ4n) is 4.84. The molecule has 0 radical (unpaired) electrons. The molecule has 0 aliphatic heterocycles. The van der Waals surface area contributed by atoms with Gasteiger partial charge in [0.1, 0.15) is 0 Å². The van der Waals surface area contributed by atoms with E-state index in [1.165, 1.54) is 12.1 Å². The molecule has 4 amide bonds. The zero-order chi connectivity index (χ0) is 25.1. The Balaban J connectivity index is 1.58. The van der Waals surface area contributed by atoms with Crippen LogP contribution in [0.15, 0.2) is 36.4 Å². The lowest BCUT2D eigenvalue weighted by atomic mass is 9.62. The molecule has 184 valence electrons. The number of nitrogens with one attached hydrogen (secondary N) is 4. The molecule has 2 aromatic rings. The topological polar surface area (TPSA) is 82.3 Å². The predicted molar refractivity (Wildman–Crippen MR) is 121 cm³/mol. The van der Waals surface area contributed by atoms with E-state index in [0.29, 0.717) is 12.8 Å². The van der Waals surface area contributed by atoms with Crippen LogP contribution in [0.2, 0.25) is 0 Å². The van der Waals surface area contributed by atoms with Crippen LogP contribution in [0.4, 0.5) is 38.5 Å². The van der Waals surface area contributed by atoms with Gasteiger partial charge in [-0.3, -0.25) is 0 Å². The van der Waals surface area contributed by atoms with Crippen LogP contribution < -0.4 is 21.3 Å². The molecule has 1 aliphatic rings. The molecule has 0 bridgehead atoms. The number of carbonyl (C=O) groups excluding carboxylic acids is 2. The second-order valence-corrected chi connectivity index (χ2v) is 9.92. The number of hydrogen-bond donors (Lipinski definition) is 4. The Bertz CT molecular complexity index is 1080. The van der Waals surface area contributed by atoms with Crippen LogP contribution in [0.25, 0.3) is 0 Å². The standard InChI is InChI=1S/C24H28F4N4O2/c1-23(2)10-16(32-22(34)31-15-5-7-18(26)20(28)9-15)11-24(3,12-23)13-29-21(33)30-14-4-6-17(25)19(27)8-14/h4-9,16H,10-13H2,1-3H3,(H2,29,30,33)(H2,31,32,34)/t16-,24+/m0/s1. The zero-order valence-corrected chi connectivity index (χ0v) is 19.2. The fourth-order valence-corrected chi connectivity index (χ4v) is 4.84. The largest absolute Gasteiger partial charge is 0.337 e. The lowest BCUT2D eigenvalue weighted by Crippen LogP contribution is -2.51. The van der Waals surface area contributed by atoms with Crippen molar-refractivity contribution < 1.29 is 27.2 Å². The van der Waals surface area contributed by atoms with E-state index in [0.717, 1.165) is 30.7 Å². The number of carbonyl (C=O) groups is 2. The van der Waals surface area contributed by atoms with Gasteiger partial charge < -0.3 is 21.3 Å². The molecule has 0 spiro atoms. The summed E-state index contributed by atoms with van der Waals surface area (Å²) in [5.41, 5.74) is -0.262. The third-order valence-corrected chi connectivity index (χ3v) is 5.81. The summed E-state index contributed by atoms with van der Waals surface area (Å²) in [7, 11) is 0. The molecule has 3 rings (SSSR count). The van der Waals surface area contributed by atoms with Crippen molar-refractivity contribution in [1.82, 2.24) is 10.6 Å². The molecule has 10 heteroatoms. The molecule has 0 unspecified atom stereocenters. The Morgan fingerprint density at radius 1 is 0.824 bits per heavy atom. The lowest BCUT2D eigenvalue weighted by molar-refractivity contribution is 0.0761. The Labute approximate surface area is 195 Å². The monoisotopic (exact) mass is 480 g/mol. The van der Waals surface area contributed by atoms with Gasteiger partial charge in [0.15, 0.2) is 23.3 Å².